The van der Waals surface area contributed by atoms with Gasteiger partial charge in [-0.3, -0.25) is 9.59 Å². The molecule has 0 saturated carbocycles. The summed E-state index contributed by atoms with van der Waals surface area (Å²) in [6, 6.07) is 9.76. The minimum Gasteiger partial charge on any atom is -0.380 e. The zero-order chi connectivity index (χ0) is 27.7. The standard InChI is InChI=1S/C29H40N4O4S/c1-5-9-22-14-17-38-26(22)27(30-6-2)33-15-12-21(13-16-33)18-31-28(36)24(34)25(35)29(37)32(4)19-23-11-8-7-10-20(23)3/h6-11,14,17,21,24-25,34-35H,5,12-13,15-16,18-19H2,1-4H3,(H,31,36)/b22-9+,27-26-,30-6-. The fourth-order valence-corrected chi connectivity index (χ4v) is 5.54. The fourth-order valence-electron chi connectivity index (χ4n) is 4.61. The molecule has 2 aromatic rings. The summed E-state index contributed by atoms with van der Waals surface area (Å²) in [5.41, 5.74) is 1.96. The molecule has 3 N–H and O–H groups in total. The average Bonchev–Trinajstić information content (AvgIpc) is 3.38. The maximum atomic E-state index is 12.6. The minimum absolute atomic E-state index is 0.232. The number of benzene rings is 1. The number of likely N-dealkylation sites (N-methyl/N-ethyl adjacent to an activating group) is 1. The van der Waals surface area contributed by atoms with Crippen molar-refractivity contribution in [3.05, 3.63) is 56.6 Å². The zero-order valence-electron chi connectivity index (χ0n) is 22.8. The smallest absolute Gasteiger partial charge is 0.254 e. The first-order valence-corrected chi connectivity index (χ1v) is 14.1. The van der Waals surface area contributed by atoms with E-state index < -0.39 is 24.0 Å². The number of aryl methyl sites for hydroxylation is 1. The summed E-state index contributed by atoms with van der Waals surface area (Å²) in [6.07, 6.45) is 3.07. The van der Waals surface area contributed by atoms with E-state index in [1.165, 1.54) is 14.7 Å². The van der Waals surface area contributed by atoms with E-state index in [4.69, 9.17) is 0 Å². The normalized spacial score (nSPS) is 17.4. The molecule has 2 amide bonds. The van der Waals surface area contributed by atoms with Gasteiger partial charge in [0.25, 0.3) is 11.8 Å². The monoisotopic (exact) mass is 540 g/mol. The summed E-state index contributed by atoms with van der Waals surface area (Å²) in [5, 5.41) is 26.8. The number of piperidine rings is 1. The first kappa shape index (κ1) is 29.5. The van der Waals surface area contributed by atoms with E-state index >= 15 is 0 Å². The Balaban J connectivity index is 1.52. The second-order valence-corrected chi connectivity index (χ2v) is 10.6. The summed E-state index contributed by atoms with van der Waals surface area (Å²) >= 11 is 1.69. The van der Waals surface area contributed by atoms with Crippen molar-refractivity contribution in [1.29, 1.82) is 0 Å². The summed E-state index contributed by atoms with van der Waals surface area (Å²) < 4.78 is 1.17. The van der Waals surface area contributed by atoms with Crippen LogP contribution in [0.5, 0.6) is 0 Å². The number of aliphatic imine (C=N–C) groups is 1. The van der Waals surface area contributed by atoms with Gasteiger partial charge in [0.1, 0.15) is 5.82 Å². The number of hydrogen-bond acceptors (Lipinski definition) is 7. The molecule has 1 aromatic heterocycles. The van der Waals surface area contributed by atoms with Gasteiger partial charge in [-0.25, -0.2) is 4.99 Å². The van der Waals surface area contributed by atoms with Crippen LogP contribution in [0.4, 0.5) is 0 Å². The Morgan fingerprint density at radius 2 is 1.92 bits per heavy atom. The van der Waals surface area contributed by atoms with E-state index in [1.54, 1.807) is 18.4 Å². The molecule has 38 heavy (non-hydrogen) atoms. The molecule has 3 rings (SSSR count). The van der Waals surface area contributed by atoms with Crippen LogP contribution in [0.25, 0.3) is 11.9 Å². The van der Waals surface area contributed by atoms with Crippen molar-refractivity contribution in [3.63, 3.8) is 0 Å². The lowest BCUT2D eigenvalue weighted by atomic mass is 9.96. The zero-order valence-corrected chi connectivity index (χ0v) is 23.6. The molecule has 206 valence electrons. The molecule has 0 bridgehead atoms. The lowest BCUT2D eigenvalue weighted by Gasteiger charge is -2.33. The Hall–Kier alpha value is -3.01. The van der Waals surface area contributed by atoms with Crippen LogP contribution in [-0.2, 0) is 16.1 Å². The SMILES string of the molecule is C\C=N/C(=c1/scc/c1=C\CC)N1CCC(CNC(=O)C(O)C(O)C(=O)N(C)Cc2ccccc2C)CC1. The van der Waals surface area contributed by atoms with Crippen molar-refractivity contribution >= 4 is 41.3 Å². The molecular formula is C29H40N4O4S. The highest BCUT2D eigenvalue weighted by atomic mass is 32.1. The van der Waals surface area contributed by atoms with Gasteiger partial charge in [-0.15, -0.1) is 11.3 Å². The number of nitrogens with zero attached hydrogens (tertiary/aromatic N) is 3. The molecule has 2 atom stereocenters. The minimum atomic E-state index is -1.83. The van der Waals surface area contributed by atoms with E-state index in [1.807, 2.05) is 44.3 Å². The maximum Gasteiger partial charge on any atom is 0.254 e. The Morgan fingerprint density at radius 1 is 1.21 bits per heavy atom. The molecule has 1 fully saturated rings. The highest BCUT2D eigenvalue weighted by Crippen LogP contribution is 2.21. The lowest BCUT2D eigenvalue weighted by molar-refractivity contribution is -0.152. The first-order chi connectivity index (χ1) is 18.3. The molecule has 9 heteroatoms. The first-order valence-electron chi connectivity index (χ1n) is 13.2. The molecule has 8 nitrogen and oxygen atoms in total. The van der Waals surface area contributed by atoms with E-state index in [-0.39, 0.29) is 12.5 Å². The number of aliphatic hydroxyl groups is 2. The van der Waals surface area contributed by atoms with Crippen LogP contribution in [0, 0.1) is 12.8 Å². The molecule has 0 radical (unpaired) electrons. The van der Waals surface area contributed by atoms with Gasteiger partial charge in [-0.1, -0.05) is 37.3 Å². The number of carbonyl (C=O) groups is 2. The van der Waals surface area contributed by atoms with Crippen molar-refractivity contribution in [3.8, 4) is 0 Å². The Labute approximate surface area is 229 Å². The summed E-state index contributed by atoms with van der Waals surface area (Å²) in [6.45, 7) is 8.26. The maximum absolute atomic E-state index is 12.6. The van der Waals surface area contributed by atoms with Crippen molar-refractivity contribution in [2.45, 2.75) is 58.8 Å². The van der Waals surface area contributed by atoms with Gasteiger partial charge in [0.2, 0.25) is 0 Å². The number of nitrogens with one attached hydrogen (secondary N) is 1. The molecule has 1 aromatic carbocycles. The number of likely N-dealkylation sites (tertiary alicyclic amines) is 1. The number of thiophene rings is 1. The predicted octanol–water partition coefficient (Wildman–Crippen LogP) is 1.61. The highest BCUT2D eigenvalue weighted by Gasteiger charge is 2.33. The van der Waals surface area contributed by atoms with E-state index in [9.17, 15) is 19.8 Å². The van der Waals surface area contributed by atoms with Crippen LogP contribution < -0.4 is 15.1 Å². The van der Waals surface area contributed by atoms with Crippen LogP contribution >= 0.6 is 11.3 Å². The largest absolute Gasteiger partial charge is 0.380 e. The van der Waals surface area contributed by atoms with Crippen LogP contribution in [-0.4, -0.2) is 76.9 Å². The van der Waals surface area contributed by atoms with E-state index in [0.29, 0.717) is 6.54 Å². The van der Waals surface area contributed by atoms with Crippen LogP contribution in [0.2, 0.25) is 0 Å². The number of aliphatic hydroxyl groups excluding tert-OH is 2. The summed E-state index contributed by atoms with van der Waals surface area (Å²) in [4.78, 5) is 33.5. The molecule has 1 saturated heterocycles. The number of amides is 2. The molecular weight excluding hydrogens is 500 g/mol. The molecule has 1 aliphatic heterocycles. The average molecular weight is 541 g/mol. The summed E-state index contributed by atoms with van der Waals surface area (Å²) in [5.74, 6) is -0.219. The number of hydrogen-bond donors (Lipinski definition) is 3. The third-order valence-corrected chi connectivity index (χ3v) is 7.85. The van der Waals surface area contributed by atoms with Crippen LogP contribution in [0.15, 0.2) is 40.7 Å². The molecule has 0 aliphatic carbocycles. The third-order valence-electron chi connectivity index (χ3n) is 6.92. The van der Waals surface area contributed by atoms with Crippen molar-refractivity contribution in [2.24, 2.45) is 10.9 Å². The molecule has 1 aliphatic rings. The Kier molecular flexibility index (Phi) is 11.1. The van der Waals surface area contributed by atoms with Crippen LogP contribution in [0.1, 0.15) is 44.2 Å². The number of carbonyl (C=O) groups excluding carboxylic acids is 2. The van der Waals surface area contributed by atoms with Gasteiger partial charge in [-0.2, -0.15) is 0 Å². The fraction of sp³-hybridized carbons (Fsp3) is 0.483. The number of rotatable bonds is 10. The second-order valence-electron chi connectivity index (χ2n) is 9.71. The van der Waals surface area contributed by atoms with Gasteiger partial charge in [-0.05, 0) is 66.8 Å². The highest BCUT2D eigenvalue weighted by molar-refractivity contribution is 7.07. The quantitative estimate of drug-likeness (QED) is 0.397. The van der Waals surface area contributed by atoms with E-state index in [2.05, 4.69) is 39.7 Å². The van der Waals surface area contributed by atoms with Crippen molar-refractivity contribution in [1.82, 2.24) is 15.1 Å². The third kappa shape index (κ3) is 7.52. The molecule has 2 heterocycles. The topological polar surface area (TPSA) is 105 Å². The lowest BCUT2D eigenvalue weighted by Crippen LogP contribution is -2.50. The molecule has 0 spiro atoms. The summed E-state index contributed by atoms with van der Waals surface area (Å²) in [7, 11) is 1.55. The van der Waals surface area contributed by atoms with E-state index in [0.717, 1.165) is 49.3 Å². The van der Waals surface area contributed by atoms with Crippen molar-refractivity contribution < 1.29 is 19.8 Å². The molecule has 2 unspecified atom stereocenters. The predicted molar refractivity (Wildman–Crippen MR) is 153 cm³/mol. The second kappa shape index (κ2) is 14.2. The van der Waals surface area contributed by atoms with Crippen molar-refractivity contribution in [2.75, 3.05) is 26.7 Å². The van der Waals surface area contributed by atoms with Gasteiger partial charge in [0.15, 0.2) is 12.2 Å². The van der Waals surface area contributed by atoms with Gasteiger partial charge < -0.3 is 25.3 Å². The Bertz CT molecular complexity index is 1230. The Morgan fingerprint density at radius 3 is 2.58 bits per heavy atom. The van der Waals surface area contributed by atoms with Crippen LogP contribution in [0.3, 0.4) is 0 Å². The van der Waals surface area contributed by atoms with Gasteiger partial charge >= 0.3 is 0 Å². The van der Waals surface area contributed by atoms with Gasteiger partial charge in [0.05, 0.1) is 4.53 Å². The van der Waals surface area contributed by atoms with Gasteiger partial charge in [0, 0.05) is 39.4 Å².